The molecule has 0 aromatic heterocycles. The van der Waals surface area contributed by atoms with Crippen molar-refractivity contribution in [1.29, 1.82) is 0 Å². The lowest BCUT2D eigenvalue weighted by Gasteiger charge is -2.03. The van der Waals surface area contributed by atoms with Crippen LogP contribution < -0.4 is 4.74 Å². The van der Waals surface area contributed by atoms with Crippen LogP contribution in [0.25, 0.3) is 10.8 Å². The molecular formula is C29H16F4O. The van der Waals surface area contributed by atoms with Gasteiger partial charge in [0.15, 0.2) is 17.5 Å². The first kappa shape index (κ1) is 22.7. The molecule has 0 saturated heterocycles. The van der Waals surface area contributed by atoms with Crippen molar-refractivity contribution in [3.05, 3.63) is 125 Å². The summed E-state index contributed by atoms with van der Waals surface area (Å²) in [7, 11) is 0. The summed E-state index contributed by atoms with van der Waals surface area (Å²) in [6, 6.07) is 16.8. The number of rotatable bonds is 3. The fourth-order valence-electron chi connectivity index (χ4n) is 3.15. The minimum Gasteiger partial charge on any atom is -0.489 e. The average Bonchev–Trinajstić information content (AvgIpc) is 2.85. The topological polar surface area (TPSA) is 9.23 Å². The molecule has 0 unspecified atom stereocenters. The zero-order chi connectivity index (χ0) is 24.1. The highest BCUT2D eigenvalue weighted by molar-refractivity contribution is 5.84. The number of ether oxygens (including phenoxy) is 1. The highest BCUT2D eigenvalue weighted by Gasteiger charge is 2.13. The summed E-state index contributed by atoms with van der Waals surface area (Å²) in [5, 5.41) is 0.212. The van der Waals surface area contributed by atoms with Gasteiger partial charge in [0.2, 0.25) is 0 Å². The Balaban J connectivity index is 1.50. The van der Waals surface area contributed by atoms with Gasteiger partial charge in [0, 0.05) is 28.1 Å². The zero-order valence-electron chi connectivity index (χ0n) is 17.8. The number of halogens is 4. The first-order chi connectivity index (χ1) is 16.4. The van der Waals surface area contributed by atoms with Gasteiger partial charge in [-0.3, -0.25) is 0 Å². The van der Waals surface area contributed by atoms with Crippen LogP contribution in [0.3, 0.4) is 0 Å². The zero-order valence-corrected chi connectivity index (χ0v) is 17.8. The molecule has 4 aromatic rings. The van der Waals surface area contributed by atoms with Crippen molar-refractivity contribution in [1.82, 2.24) is 0 Å². The summed E-state index contributed by atoms with van der Waals surface area (Å²) in [4.78, 5) is 0. The summed E-state index contributed by atoms with van der Waals surface area (Å²) in [6.07, 6.45) is 1.58. The maximum atomic E-state index is 14.2. The molecule has 0 fully saturated rings. The molecule has 0 saturated carbocycles. The van der Waals surface area contributed by atoms with Gasteiger partial charge < -0.3 is 4.74 Å². The van der Waals surface area contributed by atoms with Crippen molar-refractivity contribution in [2.24, 2.45) is 0 Å². The Morgan fingerprint density at radius 2 is 1.32 bits per heavy atom. The van der Waals surface area contributed by atoms with Crippen LogP contribution in [0.5, 0.6) is 5.75 Å². The molecule has 4 aromatic carbocycles. The highest BCUT2D eigenvalue weighted by Crippen LogP contribution is 2.24. The van der Waals surface area contributed by atoms with Crippen LogP contribution in [0, 0.1) is 47.0 Å². The molecule has 4 rings (SSSR count). The van der Waals surface area contributed by atoms with Gasteiger partial charge in [-0.25, -0.2) is 17.6 Å². The molecule has 0 aliphatic rings. The van der Waals surface area contributed by atoms with E-state index in [1.165, 1.54) is 24.3 Å². The maximum absolute atomic E-state index is 14.2. The third-order valence-corrected chi connectivity index (χ3v) is 4.86. The van der Waals surface area contributed by atoms with E-state index in [0.29, 0.717) is 22.4 Å². The van der Waals surface area contributed by atoms with Gasteiger partial charge in [-0.15, -0.1) is 0 Å². The van der Waals surface area contributed by atoms with Gasteiger partial charge in [0.05, 0.1) is 5.56 Å². The van der Waals surface area contributed by atoms with E-state index in [-0.39, 0.29) is 22.9 Å². The fraction of sp³-hybridized carbons (Fsp3) is 0.0345. The minimum atomic E-state index is -1.49. The van der Waals surface area contributed by atoms with Crippen molar-refractivity contribution in [2.75, 3.05) is 6.61 Å². The number of fused-ring (bicyclic) bond motifs is 1. The second-order valence-corrected chi connectivity index (χ2v) is 7.24. The van der Waals surface area contributed by atoms with E-state index in [2.05, 4.69) is 30.3 Å². The molecule has 0 amide bonds. The molecule has 0 heterocycles. The number of hydrogen-bond acceptors (Lipinski definition) is 1. The molecule has 0 aliphatic heterocycles. The quantitative estimate of drug-likeness (QED) is 0.143. The minimum absolute atomic E-state index is 0.0113. The molecular weight excluding hydrogens is 440 g/mol. The Morgan fingerprint density at radius 1 is 0.676 bits per heavy atom. The van der Waals surface area contributed by atoms with Crippen LogP contribution in [0.2, 0.25) is 0 Å². The van der Waals surface area contributed by atoms with Crippen LogP contribution in [0.4, 0.5) is 17.6 Å². The van der Waals surface area contributed by atoms with Crippen molar-refractivity contribution in [3.8, 4) is 29.4 Å². The molecule has 0 N–H and O–H groups in total. The van der Waals surface area contributed by atoms with Gasteiger partial charge in [-0.05, 0) is 60.0 Å². The third-order valence-electron chi connectivity index (χ3n) is 4.86. The van der Waals surface area contributed by atoms with E-state index >= 15 is 0 Å². The molecule has 0 aliphatic carbocycles. The number of hydrogen-bond donors (Lipinski definition) is 0. The smallest absolute Gasteiger partial charge is 0.195 e. The van der Waals surface area contributed by atoms with E-state index in [1.54, 1.807) is 42.5 Å². The van der Waals surface area contributed by atoms with Crippen molar-refractivity contribution < 1.29 is 22.3 Å². The van der Waals surface area contributed by atoms with E-state index in [0.717, 1.165) is 6.07 Å². The Hall–Kier alpha value is -4.48. The predicted octanol–water partition coefficient (Wildman–Crippen LogP) is 6.76. The SMILES string of the molecule is C=CCOc1ccc(C#Cc2ccc(C#Cc3ccc4c(F)c(F)c(F)cc4c3)cc2)c(F)c1. The molecule has 34 heavy (non-hydrogen) atoms. The fourth-order valence-corrected chi connectivity index (χ4v) is 3.15. The second kappa shape index (κ2) is 9.98. The normalized spacial score (nSPS) is 10.1. The van der Waals surface area contributed by atoms with Gasteiger partial charge >= 0.3 is 0 Å². The number of benzene rings is 4. The van der Waals surface area contributed by atoms with E-state index < -0.39 is 23.3 Å². The highest BCUT2D eigenvalue weighted by atomic mass is 19.2. The van der Waals surface area contributed by atoms with E-state index in [4.69, 9.17) is 4.74 Å². The summed E-state index contributed by atoms with van der Waals surface area (Å²) in [5.74, 6) is 7.54. The molecule has 0 radical (unpaired) electrons. The molecule has 0 spiro atoms. The lowest BCUT2D eigenvalue weighted by molar-refractivity contribution is 0.361. The summed E-state index contributed by atoms with van der Waals surface area (Å²) in [5.41, 5.74) is 2.14. The third kappa shape index (κ3) is 5.11. The van der Waals surface area contributed by atoms with Crippen LogP contribution in [-0.2, 0) is 0 Å². The lowest BCUT2D eigenvalue weighted by Crippen LogP contribution is -1.94. The first-order valence-corrected chi connectivity index (χ1v) is 10.2. The summed E-state index contributed by atoms with van der Waals surface area (Å²) < 4.78 is 60.2. The molecule has 5 heteroatoms. The van der Waals surface area contributed by atoms with Crippen LogP contribution in [0.15, 0.2) is 79.4 Å². The average molecular weight is 456 g/mol. The summed E-state index contributed by atoms with van der Waals surface area (Å²) in [6.45, 7) is 3.83. The van der Waals surface area contributed by atoms with Gasteiger partial charge in [0.25, 0.3) is 0 Å². The molecule has 1 nitrogen and oxygen atoms in total. The Kier molecular flexibility index (Phi) is 6.67. The van der Waals surface area contributed by atoms with Crippen LogP contribution >= 0.6 is 0 Å². The van der Waals surface area contributed by atoms with Gasteiger partial charge in [-0.1, -0.05) is 42.4 Å². The van der Waals surface area contributed by atoms with Crippen molar-refractivity contribution >= 4 is 10.8 Å². The Labute approximate surface area is 194 Å². The van der Waals surface area contributed by atoms with Crippen molar-refractivity contribution in [3.63, 3.8) is 0 Å². The van der Waals surface area contributed by atoms with Crippen LogP contribution in [0.1, 0.15) is 22.3 Å². The van der Waals surface area contributed by atoms with Gasteiger partial charge in [0.1, 0.15) is 18.2 Å². The standard InChI is InChI=1S/C29H16F4O/c1-2-15-34-24-13-12-22(26(30)18-24)11-9-20-5-3-19(4-6-20)7-8-21-10-14-25-23(16-21)17-27(31)29(33)28(25)32/h2-6,10,12-14,16-18H,1,15H2. The van der Waals surface area contributed by atoms with E-state index in [9.17, 15) is 17.6 Å². The molecule has 0 atom stereocenters. The van der Waals surface area contributed by atoms with Crippen LogP contribution in [-0.4, -0.2) is 6.61 Å². The predicted molar refractivity (Wildman–Crippen MR) is 124 cm³/mol. The lowest BCUT2D eigenvalue weighted by atomic mass is 10.1. The Morgan fingerprint density at radius 3 is 2.00 bits per heavy atom. The van der Waals surface area contributed by atoms with Crippen molar-refractivity contribution in [2.45, 2.75) is 0 Å². The maximum Gasteiger partial charge on any atom is 0.195 e. The largest absolute Gasteiger partial charge is 0.489 e. The monoisotopic (exact) mass is 456 g/mol. The van der Waals surface area contributed by atoms with Gasteiger partial charge in [-0.2, -0.15) is 0 Å². The molecule has 166 valence electrons. The van der Waals surface area contributed by atoms with E-state index in [1.807, 2.05) is 0 Å². The Bertz CT molecular complexity index is 1510. The first-order valence-electron chi connectivity index (χ1n) is 10.2. The second-order valence-electron chi connectivity index (χ2n) is 7.24. The summed E-state index contributed by atoms with van der Waals surface area (Å²) >= 11 is 0. The molecule has 0 bridgehead atoms.